The summed E-state index contributed by atoms with van der Waals surface area (Å²) in [6.45, 7) is 4.39. The van der Waals surface area contributed by atoms with Crippen LogP contribution >= 0.6 is 23.2 Å². The Hall–Kier alpha value is -2.18. The molecule has 4 rings (SSSR count). The molecular formula is C19H19Cl2N3O3. The van der Waals surface area contributed by atoms with Crippen LogP contribution in [0.4, 0.5) is 0 Å². The molecule has 2 heterocycles. The number of aryl methyl sites for hydroxylation is 1. The fourth-order valence-corrected chi connectivity index (χ4v) is 3.54. The van der Waals surface area contributed by atoms with Crippen molar-refractivity contribution in [2.45, 2.75) is 39.8 Å². The van der Waals surface area contributed by atoms with E-state index < -0.39 is 0 Å². The fraction of sp³-hybridized carbons (Fsp3) is 0.368. The van der Waals surface area contributed by atoms with Crippen LogP contribution in [0.15, 0.2) is 22.7 Å². The average Bonchev–Trinajstić information content (AvgIpc) is 3.05. The molecule has 1 fully saturated rings. The zero-order valence-electron chi connectivity index (χ0n) is 15.0. The molecule has 8 heteroatoms. The van der Waals surface area contributed by atoms with Gasteiger partial charge < -0.3 is 19.6 Å². The first-order valence-electron chi connectivity index (χ1n) is 8.69. The lowest BCUT2D eigenvalue weighted by atomic mass is 10.1. The number of benzene rings is 1. The first-order valence-corrected chi connectivity index (χ1v) is 9.44. The number of hydrogen-bond donors (Lipinski definition) is 2. The first-order chi connectivity index (χ1) is 12.9. The summed E-state index contributed by atoms with van der Waals surface area (Å²) in [7, 11) is 0. The number of rotatable bonds is 6. The lowest BCUT2D eigenvalue weighted by molar-refractivity contribution is -0.125. The average molecular weight is 408 g/mol. The van der Waals surface area contributed by atoms with Crippen molar-refractivity contribution < 1.29 is 14.1 Å². The number of ether oxygens (including phenoxy) is 1. The van der Waals surface area contributed by atoms with E-state index in [2.05, 4.69) is 15.5 Å². The number of nitrogens with one attached hydrogen (secondary N) is 2. The Morgan fingerprint density at radius 1 is 1.37 bits per heavy atom. The van der Waals surface area contributed by atoms with Gasteiger partial charge in [0.15, 0.2) is 5.75 Å². The molecule has 2 N–H and O–H groups in total. The molecule has 27 heavy (non-hydrogen) atoms. The minimum Gasteiger partial charge on any atom is -0.484 e. The van der Waals surface area contributed by atoms with E-state index in [0.29, 0.717) is 39.3 Å². The molecule has 6 nitrogen and oxygen atoms in total. The summed E-state index contributed by atoms with van der Waals surface area (Å²) in [6, 6.07) is 5.50. The smallest absolute Gasteiger partial charge is 0.226 e. The molecule has 1 aliphatic carbocycles. The molecule has 0 aliphatic heterocycles. The van der Waals surface area contributed by atoms with Gasteiger partial charge in [-0.15, -0.1) is 0 Å². The summed E-state index contributed by atoms with van der Waals surface area (Å²) in [6.07, 6.45) is 1.89. The van der Waals surface area contributed by atoms with Crippen molar-refractivity contribution in [2.24, 2.45) is 5.41 Å². The van der Waals surface area contributed by atoms with Gasteiger partial charge >= 0.3 is 0 Å². The standard InChI is InChI=1S/C19H19Cl2N3O3/c1-10-5-13(24-27-10)9-26-17-14(20)7-11-6-12(23-16(11)15(17)21)8-22-18(25)19(2)3-4-19/h5-7,23H,3-4,8-9H2,1-2H3,(H,22,25). The number of hydrogen-bond acceptors (Lipinski definition) is 4. The van der Waals surface area contributed by atoms with Crippen molar-refractivity contribution in [3.8, 4) is 5.75 Å². The number of aromatic nitrogens is 2. The number of halogens is 2. The monoisotopic (exact) mass is 407 g/mol. The Balaban J connectivity index is 1.52. The summed E-state index contributed by atoms with van der Waals surface area (Å²) in [5.74, 6) is 1.17. The fourth-order valence-electron chi connectivity index (χ4n) is 2.91. The van der Waals surface area contributed by atoms with Gasteiger partial charge in [-0.05, 0) is 31.9 Å². The van der Waals surface area contributed by atoms with Gasteiger partial charge in [-0.25, -0.2) is 0 Å². The highest BCUT2D eigenvalue weighted by Crippen LogP contribution is 2.45. The van der Waals surface area contributed by atoms with Gasteiger partial charge in [0.25, 0.3) is 0 Å². The van der Waals surface area contributed by atoms with E-state index in [1.54, 1.807) is 12.1 Å². The van der Waals surface area contributed by atoms with Crippen LogP contribution in [0, 0.1) is 12.3 Å². The third-order valence-corrected chi connectivity index (χ3v) is 5.49. The van der Waals surface area contributed by atoms with Crippen molar-refractivity contribution in [3.63, 3.8) is 0 Å². The Morgan fingerprint density at radius 2 is 2.15 bits per heavy atom. The summed E-state index contributed by atoms with van der Waals surface area (Å²) in [4.78, 5) is 15.3. The van der Waals surface area contributed by atoms with Crippen molar-refractivity contribution in [3.05, 3.63) is 45.4 Å². The number of carbonyl (C=O) groups is 1. The van der Waals surface area contributed by atoms with Gasteiger partial charge in [-0.3, -0.25) is 4.79 Å². The Morgan fingerprint density at radius 3 is 2.81 bits per heavy atom. The Kier molecular flexibility index (Phi) is 4.56. The zero-order chi connectivity index (χ0) is 19.2. The molecule has 1 amide bonds. The van der Waals surface area contributed by atoms with Crippen molar-refractivity contribution in [1.82, 2.24) is 15.5 Å². The summed E-state index contributed by atoms with van der Waals surface area (Å²) >= 11 is 12.9. The molecule has 0 atom stereocenters. The molecule has 2 aromatic heterocycles. The van der Waals surface area contributed by atoms with Crippen LogP contribution in [-0.4, -0.2) is 16.0 Å². The number of H-pyrrole nitrogens is 1. The number of nitrogens with zero attached hydrogens (tertiary/aromatic N) is 1. The third kappa shape index (κ3) is 3.64. The SMILES string of the molecule is Cc1cc(COc2c(Cl)cc3cc(CNC(=O)C4(C)CC4)[nH]c3c2Cl)no1. The van der Waals surface area contributed by atoms with Crippen molar-refractivity contribution >= 4 is 40.0 Å². The van der Waals surface area contributed by atoms with Crippen molar-refractivity contribution in [1.29, 1.82) is 0 Å². The van der Waals surface area contributed by atoms with Gasteiger partial charge in [0.2, 0.25) is 5.91 Å². The second-order valence-corrected chi connectivity index (χ2v) is 8.01. The van der Waals surface area contributed by atoms with Crippen LogP contribution in [0.5, 0.6) is 5.75 Å². The topological polar surface area (TPSA) is 80.1 Å². The molecule has 0 unspecified atom stereocenters. The summed E-state index contributed by atoms with van der Waals surface area (Å²) in [5.41, 5.74) is 2.02. The molecule has 0 bridgehead atoms. The zero-order valence-corrected chi connectivity index (χ0v) is 16.5. The van der Waals surface area contributed by atoms with Gasteiger partial charge in [0.05, 0.1) is 17.1 Å². The van der Waals surface area contributed by atoms with Crippen LogP contribution in [0.1, 0.15) is 36.9 Å². The lowest BCUT2D eigenvalue weighted by Crippen LogP contribution is -2.29. The predicted molar refractivity (Wildman–Crippen MR) is 103 cm³/mol. The molecule has 0 saturated heterocycles. The molecule has 0 radical (unpaired) electrons. The third-order valence-electron chi connectivity index (χ3n) is 4.85. The minimum atomic E-state index is -0.201. The van der Waals surface area contributed by atoms with Crippen LogP contribution < -0.4 is 10.1 Å². The van der Waals surface area contributed by atoms with E-state index in [4.69, 9.17) is 32.5 Å². The second-order valence-electron chi connectivity index (χ2n) is 7.22. The quantitative estimate of drug-likeness (QED) is 0.616. The molecule has 3 aromatic rings. The highest BCUT2D eigenvalue weighted by Gasteiger charge is 2.44. The molecule has 1 saturated carbocycles. The van der Waals surface area contributed by atoms with Crippen LogP contribution in [0.2, 0.25) is 10.0 Å². The van der Waals surface area contributed by atoms with Gasteiger partial charge in [-0.1, -0.05) is 35.3 Å². The Labute approximate surface area is 166 Å². The van der Waals surface area contributed by atoms with E-state index in [-0.39, 0.29) is 17.9 Å². The maximum atomic E-state index is 12.1. The van der Waals surface area contributed by atoms with Gasteiger partial charge in [0, 0.05) is 22.6 Å². The maximum absolute atomic E-state index is 12.1. The normalized spacial score (nSPS) is 15.1. The van der Waals surface area contributed by atoms with Crippen LogP contribution in [-0.2, 0) is 17.9 Å². The first kappa shape index (κ1) is 18.2. The van der Waals surface area contributed by atoms with Crippen molar-refractivity contribution in [2.75, 3.05) is 0 Å². The minimum absolute atomic E-state index is 0.0808. The van der Waals surface area contributed by atoms with E-state index in [0.717, 1.165) is 23.9 Å². The van der Waals surface area contributed by atoms with Crippen LogP contribution in [0.3, 0.4) is 0 Å². The molecule has 0 spiro atoms. The van der Waals surface area contributed by atoms with E-state index in [1.807, 2.05) is 19.9 Å². The molecule has 1 aliphatic rings. The largest absolute Gasteiger partial charge is 0.484 e. The van der Waals surface area contributed by atoms with E-state index >= 15 is 0 Å². The molecule has 142 valence electrons. The highest BCUT2D eigenvalue weighted by atomic mass is 35.5. The number of amides is 1. The highest BCUT2D eigenvalue weighted by molar-refractivity contribution is 6.40. The maximum Gasteiger partial charge on any atom is 0.226 e. The van der Waals surface area contributed by atoms with E-state index in [1.165, 1.54) is 0 Å². The molecule has 1 aromatic carbocycles. The second kappa shape index (κ2) is 6.77. The number of carbonyl (C=O) groups excluding carboxylic acids is 1. The molecular weight excluding hydrogens is 389 g/mol. The number of aromatic amines is 1. The number of fused-ring (bicyclic) bond motifs is 1. The Bertz CT molecular complexity index is 1020. The summed E-state index contributed by atoms with van der Waals surface area (Å²) in [5, 5.41) is 8.51. The van der Waals surface area contributed by atoms with E-state index in [9.17, 15) is 4.79 Å². The predicted octanol–water partition coefficient (Wildman–Crippen LogP) is 4.77. The summed E-state index contributed by atoms with van der Waals surface area (Å²) < 4.78 is 10.8. The van der Waals surface area contributed by atoms with Gasteiger partial charge in [0.1, 0.15) is 23.1 Å². The van der Waals surface area contributed by atoms with Gasteiger partial charge in [-0.2, -0.15) is 0 Å². The van der Waals surface area contributed by atoms with Crippen LogP contribution in [0.25, 0.3) is 10.9 Å². The lowest BCUT2D eigenvalue weighted by Gasteiger charge is -2.09.